The number of halogens is 1. The van der Waals surface area contributed by atoms with Crippen LogP contribution in [0.2, 0.25) is 0 Å². The van der Waals surface area contributed by atoms with E-state index in [2.05, 4.69) is 4.40 Å². The van der Waals surface area contributed by atoms with Crippen LogP contribution in [-0.4, -0.2) is 32.2 Å². The van der Waals surface area contributed by atoms with Crippen molar-refractivity contribution >= 4 is 15.9 Å². The molecule has 0 aliphatic carbocycles. The monoisotopic (exact) mass is 360 g/mol. The Labute approximate surface area is 148 Å². The molecule has 0 aromatic heterocycles. The molecule has 0 amide bonds. The number of sulfonamides is 1. The van der Waals surface area contributed by atoms with Gasteiger partial charge in [-0.2, -0.15) is 8.42 Å². The zero-order chi connectivity index (χ0) is 17.7. The highest BCUT2D eigenvalue weighted by molar-refractivity contribution is 7.90. The van der Waals surface area contributed by atoms with Gasteiger partial charge in [-0.15, -0.1) is 4.40 Å². The molecule has 0 unspecified atom stereocenters. The molecule has 1 fully saturated rings. The Morgan fingerprint density at radius 1 is 0.880 bits per heavy atom. The van der Waals surface area contributed by atoms with Gasteiger partial charge in [-0.25, -0.2) is 4.39 Å². The van der Waals surface area contributed by atoms with Crippen molar-refractivity contribution in [3.63, 3.8) is 0 Å². The van der Waals surface area contributed by atoms with Gasteiger partial charge in [-0.05, 0) is 37.1 Å². The summed E-state index contributed by atoms with van der Waals surface area (Å²) in [4.78, 5) is 2.04. The van der Waals surface area contributed by atoms with Gasteiger partial charge in [0.05, 0.1) is 4.90 Å². The Morgan fingerprint density at radius 2 is 1.48 bits per heavy atom. The van der Waals surface area contributed by atoms with Crippen molar-refractivity contribution < 1.29 is 12.8 Å². The van der Waals surface area contributed by atoms with E-state index in [0.29, 0.717) is 5.84 Å². The Kier molecular flexibility index (Phi) is 5.48. The van der Waals surface area contributed by atoms with Crippen LogP contribution in [0.4, 0.5) is 4.39 Å². The summed E-state index contributed by atoms with van der Waals surface area (Å²) in [6.45, 7) is 1.57. The molecule has 25 heavy (non-hydrogen) atoms. The molecule has 4 nitrogen and oxygen atoms in total. The lowest BCUT2D eigenvalue weighted by molar-refractivity contribution is 0.436. The van der Waals surface area contributed by atoms with Crippen molar-refractivity contribution in [1.29, 1.82) is 0 Å². The summed E-state index contributed by atoms with van der Waals surface area (Å²) >= 11 is 0. The normalized spacial score (nSPS) is 16.5. The molecular weight excluding hydrogens is 339 g/mol. The minimum absolute atomic E-state index is 0.00264. The van der Waals surface area contributed by atoms with Crippen LogP contribution in [0.5, 0.6) is 0 Å². The molecule has 132 valence electrons. The molecule has 1 saturated heterocycles. The summed E-state index contributed by atoms with van der Waals surface area (Å²) in [6, 6.07) is 14.1. The second-order valence-electron chi connectivity index (χ2n) is 6.11. The van der Waals surface area contributed by atoms with Crippen LogP contribution in [0, 0.1) is 5.82 Å². The molecule has 0 radical (unpaired) electrons. The lowest BCUT2D eigenvalue weighted by Gasteiger charge is -2.24. The molecule has 0 spiro atoms. The third-order valence-electron chi connectivity index (χ3n) is 4.26. The zero-order valence-corrected chi connectivity index (χ0v) is 14.8. The molecule has 0 saturated carbocycles. The Balaban J connectivity index is 2.03. The van der Waals surface area contributed by atoms with E-state index < -0.39 is 15.8 Å². The van der Waals surface area contributed by atoms with E-state index in [4.69, 9.17) is 0 Å². The first-order valence-corrected chi connectivity index (χ1v) is 9.91. The van der Waals surface area contributed by atoms with Crippen molar-refractivity contribution in [2.75, 3.05) is 13.1 Å². The molecule has 0 N–H and O–H groups in total. The van der Waals surface area contributed by atoms with Gasteiger partial charge in [0.25, 0.3) is 10.0 Å². The SMILES string of the molecule is O=S(=O)(/N=C(/c1ccccc1)N1CCCCCC1)c1ccc(F)cc1. The minimum atomic E-state index is -3.91. The molecule has 0 bridgehead atoms. The fourth-order valence-electron chi connectivity index (χ4n) is 2.94. The fourth-order valence-corrected chi connectivity index (χ4v) is 3.97. The maximum atomic E-state index is 13.1. The average Bonchev–Trinajstić information content (AvgIpc) is 2.90. The van der Waals surface area contributed by atoms with Crippen LogP contribution in [0.1, 0.15) is 31.2 Å². The number of nitrogens with zero attached hydrogens (tertiary/aromatic N) is 2. The van der Waals surface area contributed by atoms with Crippen LogP contribution in [0.15, 0.2) is 63.9 Å². The Bertz CT molecular complexity index is 825. The number of hydrogen-bond acceptors (Lipinski definition) is 2. The van der Waals surface area contributed by atoms with Crippen LogP contribution in [0.25, 0.3) is 0 Å². The summed E-state index contributed by atoms with van der Waals surface area (Å²) in [6.07, 6.45) is 4.32. The third kappa shape index (κ3) is 4.45. The van der Waals surface area contributed by atoms with Crippen LogP contribution >= 0.6 is 0 Å². The van der Waals surface area contributed by atoms with E-state index in [9.17, 15) is 12.8 Å². The minimum Gasteiger partial charge on any atom is -0.355 e. The zero-order valence-electron chi connectivity index (χ0n) is 13.9. The van der Waals surface area contributed by atoms with E-state index in [1.807, 2.05) is 35.2 Å². The first-order valence-electron chi connectivity index (χ1n) is 8.47. The average molecular weight is 360 g/mol. The van der Waals surface area contributed by atoms with Crippen molar-refractivity contribution in [3.05, 3.63) is 66.0 Å². The predicted molar refractivity (Wildman–Crippen MR) is 96.6 cm³/mol. The van der Waals surface area contributed by atoms with Crippen LogP contribution in [0.3, 0.4) is 0 Å². The van der Waals surface area contributed by atoms with Crippen molar-refractivity contribution in [2.24, 2.45) is 4.40 Å². The van der Waals surface area contributed by atoms with E-state index in [0.717, 1.165) is 56.5 Å². The van der Waals surface area contributed by atoms with Crippen molar-refractivity contribution in [3.8, 4) is 0 Å². The number of benzene rings is 2. The molecule has 3 rings (SSSR count). The van der Waals surface area contributed by atoms with Gasteiger partial charge in [0.2, 0.25) is 0 Å². The van der Waals surface area contributed by atoms with Crippen molar-refractivity contribution in [1.82, 2.24) is 4.90 Å². The van der Waals surface area contributed by atoms with E-state index in [-0.39, 0.29) is 4.90 Å². The lowest BCUT2D eigenvalue weighted by atomic mass is 10.2. The van der Waals surface area contributed by atoms with Gasteiger partial charge < -0.3 is 4.90 Å². The molecule has 2 aromatic rings. The van der Waals surface area contributed by atoms with E-state index in [1.54, 1.807) is 0 Å². The summed E-state index contributed by atoms with van der Waals surface area (Å²) in [5.74, 6) is -0.00874. The first kappa shape index (κ1) is 17.6. The van der Waals surface area contributed by atoms with Gasteiger partial charge in [0, 0.05) is 18.7 Å². The summed E-state index contributed by atoms with van der Waals surface area (Å²) in [7, 11) is -3.91. The number of likely N-dealkylation sites (tertiary alicyclic amines) is 1. The highest BCUT2D eigenvalue weighted by Crippen LogP contribution is 2.19. The summed E-state index contributed by atoms with van der Waals surface area (Å²) in [5.41, 5.74) is 0.773. The maximum absolute atomic E-state index is 13.1. The summed E-state index contributed by atoms with van der Waals surface area (Å²) in [5, 5.41) is 0. The molecular formula is C19H21FN2O2S. The second kappa shape index (κ2) is 7.78. The van der Waals surface area contributed by atoms with Gasteiger partial charge in [0.15, 0.2) is 0 Å². The fraction of sp³-hybridized carbons (Fsp3) is 0.316. The van der Waals surface area contributed by atoms with Crippen molar-refractivity contribution in [2.45, 2.75) is 30.6 Å². The van der Waals surface area contributed by atoms with Crippen LogP contribution < -0.4 is 0 Å². The number of amidine groups is 1. The Morgan fingerprint density at radius 3 is 2.08 bits per heavy atom. The van der Waals surface area contributed by atoms with Crippen LogP contribution in [-0.2, 0) is 10.0 Å². The molecule has 2 aromatic carbocycles. The van der Waals surface area contributed by atoms with Gasteiger partial charge in [0.1, 0.15) is 11.7 Å². The largest absolute Gasteiger partial charge is 0.355 e. The molecule has 0 atom stereocenters. The lowest BCUT2D eigenvalue weighted by Crippen LogP contribution is -2.33. The maximum Gasteiger partial charge on any atom is 0.284 e. The first-order chi connectivity index (χ1) is 12.1. The quantitative estimate of drug-likeness (QED) is 0.617. The second-order valence-corrected chi connectivity index (χ2v) is 7.72. The molecule has 1 aliphatic heterocycles. The van der Waals surface area contributed by atoms with Gasteiger partial charge in [-0.1, -0.05) is 43.2 Å². The number of rotatable bonds is 3. The number of hydrogen-bond donors (Lipinski definition) is 0. The highest BCUT2D eigenvalue weighted by Gasteiger charge is 2.21. The summed E-state index contributed by atoms with van der Waals surface area (Å²) < 4.78 is 42.7. The van der Waals surface area contributed by atoms with E-state index in [1.165, 1.54) is 12.1 Å². The molecule has 1 heterocycles. The topological polar surface area (TPSA) is 49.7 Å². The van der Waals surface area contributed by atoms with Gasteiger partial charge in [-0.3, -0.25) is 0 Å². The molecule has 1 aliphatic rings. The smallest absolute Gasteiger partial charge is 0.284 e. The molecule has 6 heteroatoms. The standard InChI is InChI=1S/C19H21FN2O2S/c20-17-10-12-18(13-11-17)25(23,24)21-19(16-8-4-3-5-9-16)22-14-6-1-2-7-15-22/h3-5,8-13H,1-2,6-7,14-15H2/b21-19-. The Hall–Kier alpha value is -2.21. The van der Waals surface area contributed by atoms with E-state index >= 15 is 0 Å². The van der Waals surface area contributed by atoms with Gasteiger partial charge >= 0.3 is 0 Å². The predicted octanol–water partition coefficient (Wildman–Crippen LogP) is 3.84. The highest BCUT2D eigenvalue weighted by atomic mass is 32.2. The third-order valence-corrected chi connectivity index (χ3v) is 5.54.